The predicted octanol–water partition coefficient (Wildman–Crippen LogP) is 0.828. The smallest absolute Gasteiger partial charge is 0.426 e. The summed E-state index contributed by atoms with van der Waals surface area (Å²) in [5, 5.41) is 1.94. The van der Waals surface area contributed by atoms with Gasteiger partial charge in [-0.2, -0.15) is 0 Å². The number of hydrogen-bond donors (Lipinski definition) is 3. The maximum atomic E-state index is 11.1. The first-order chi connectivity index (χ1) is 7.61. The predicted molar refractivity (Wildman–Crippen MR) is 60.9 cm³/mol. The molecule has 3 N–H and O–H groups in total. The molecule has 7 heteroatoms. The number of amides is 4. The fourth-order valence-electron chi connectivity index (χ4n) is 0.652. The van der Waals surface area contributed by atoms with Crippen molar-refractivity contribution in [1.82, 2.24) is 16.2 Å². The molecule has 0 radical (unpaired) electrons. The molecule has 0 unspecified atom stereocenters. The van der Waals surface area contributed by atoms with Gasteiger partial charge in [-0.25, -0.2) is 20.4 Å². The van der Waals surface area contributed by atoms with E-state index in [0.717, 1.165) is 0 Å². The van der Waals surface area contributed by atoms with Crippen molar-refractivity contribution in [3.8, 4) is 0 Å². The molecule has 0 heterocycles. The van der Waals surface area contributed by atoms with Gasteiger partial charge in [0.05, 0.1) is 0 Å². The summed E-state index contributed by atoms with van der Waals surface area (Å²) in [7, 11) is 0. The lowest BCUT2D eigenvalue weighted by Crippen LogP contribution is -2.50. The van der Waals surface area contributed by atoms with Crippen LogP contribution in [0.3, 0.4) is 0 Å². The van der Waals surface area contributed by atoms with Crippen LogP contribution in [0.4, 0.5) is 9.59 Å². The second kappa shape index (κ2) is 5.88. The summed E-state index contributed by atoms with van der Waals surface area (Å²) in [5.41, 5.74) is 3.44. The second-order valence-corrected chi connectivity index (χ2v) is 4.32. The minimum Gasteiger partial charge on any atom is -0.443 e. The van der Waals surface area contributed by atoms with Gasteiger partial charge in [0.1, 0.15) is 5.60 Å². The zero-order valence-corrected chi connectivity index (χ0v) is 10.3. The van der Waals surface area contributed by atoms with Gasteiger partial charge in [-0.1, -0.05) is 6.58 Å². The molecule has 0 aliphatic heterocycles. The number of carbonyl (C=O) groups excluding carboxylic acids is 3. The van der Waals surface area contributed by atoms with Crippen molar-refractivity contribution >= 4 is 18.0 Å². The van der Waals surface area contributed by atoms with Crippen LogP contribution >= 0.6 is 0 Å². The van der Waals surface area contributed by atoms with Crippen LogP contribution in [-0.4, -0.2) is 23.6 Å². The third kappa shape index (κ3) is 7.83. The van der Waals surface area contributed by atoms with Crippen molar-refractivity contribution in [1.29, 1.82) is 0 Å². The number of ether oxygens (including phenoxy) is 1. The Morgan fingerprint density at radius 2 is 1.65 bits per heavy atom. The van der Waals surface area contributed by atoms with Crippen LogP contribution in [0.15, 0.2) is 12.2 Å². The largest absolute Gasteiger partial charge is 0.443 e. The fourth-order valence-corrected chi connectivity index (χ4v) is 0.652. The highest BCUT2D eigenvalue weighted by Crippen LogP contribution is 2.05. The Balaban J connectivity index is 3.97. The second-order valence-electron chi connectivity index (χ2n) is 4.32. The molecule has 7 nitrogen and oxygen atoms in total. The van der Waals surface area contributed by atoms with Gasteiger partial charge in [-0.15, -0.1) is 0 Å². The van der Waals surface area contributed by atoms with Crippen LogP contribution in [0.5, 0.6) is 0 Å². The zero-order valence-electron chi connectivity index (χ0n) is 10.3. The summed E-state index contributed by atoms with van der Waals surface area (Å²) in [4.78, 5) is 33.2. The molecule has 4 amide bonds. The van der Waals surface area contributed by atoms with Gasteiger partial charge >= 0.3 is 12.1 Å². The Morgan fingerprint density at radius 1 is 1.12 bits per heavy atom. The zero-order chi connectivity index (χ0) is 13.6. The molecule has 0 saturated carbocycles. The Bertz CT molecular complexity index is 344. The third-order valence-corrected chi connectivity index (χ3v) is 1.29. The van der Waals surface area contributed by atoms with Gasteiger partial charge in [0.2, 0.25) is 0 Å². The number of urea groups is 1. The minimum absolute atomic E-state index is 0.178. The lowest BCUT2D eigenvalue weighted by Gasteiger charge is -2.19. The van der Waals surface area contributed by atoms with Gasteiger partial charge in [0, 0.05) is 5.57 Å². The number of rotatable bonds is 1. The lowest BCUT2D eigenvalue weighted by molar-refractivity contribution is -0.116. The van der Waals surface area contributed by atoms with Crippen molar-refractivity contribution in [2.24, 2.45) is 0 Å². The van der Waals surface area contributed by atoms with Crippen molar-refractivity contribution in [2.75, 3.05) is 0 Å². The summed E-state index contributed by atoms with van der Waals surface area (Å²) >= 11 is 0. The number of hydrogen-bond acceptors (Lipinski definition) is 4. The normalized spacial score (nSPS) is 10.1. The fraction of sp³-hybridized carbons (Fsp3) is 0.500. The molecule has 0 aliphatic rings. The van der Waals surface area contributed by atoms with Gasteiger partial charge < -0.3 is 4.74 Å². The minimum atomic E-state index is -0.871. The molecule has 0 aromatic rings. The molecule has 0 fully saturated rings. The molecular weight excluding hydrogens is 226 g/mol. The van der Waals surface area contributed by atoms with Gasteiger partial charge in [0.25, 0.3) is 5.91 Å². The molecule has 0 rings (SSSR count). The van der Waals surface area contributed by atoms with E-state index in [1.165, 1.54) is 6.92 Å². The Hall–Kier alpha value is -2.05. The van der Waals surface area contributed by atoms with Crippen LogP contribution in [0.25, 0.3) is 0 Å². The molecule has 0 bridgehead atoms. The van der Waals surface area contributed by atoms with Gasteiger partial charge in [0.15, 0.2) is 0 Å². The Labute approximate surface area is 99.6 Å². The van der Waals surface area contributed by atoms with E-state index in [4.69, 9.17) is 4.74 Å². The van der Waals surface area contributed by atoms with E-state index in [1.54, 1.807) is 20.8 Å². The van der Waals surface area contributed by atoms with Crippen molar-refractivity contribution < 1.29 is 19.1 Å². The van der Waals surface area contributed by atoms with Crippen LogP contribution in [0.2, 0.25) is 0 Å². The number of imide groups is 1. The standard InChI is InChI=1S/C10H17N3O4/c1-6(2)7(14)11-8(15)12-13-9(16)17-10(3,4)5/h1H2,2-5H3,(H,13,16)(H2,11,12,14,15). The number of nitrogens with one attached hydrogen (secondary N) is 3. The summed E-state index contributed by atoms with van der Waals surface area (Å²) in [6.45, 7) is 9.83. The van der Waals surface area contributed by atoms with Gasteiger partial charge in [-0.05, 0) is 27.7 Å². The average Bonchev–Trinajstić information content (AvgIpc) is 2.11. The molecule has 17 heavy (non-hydrogen) atoms. The van der Waals surface area contributed by atoms with Crippen LogP contribution in [-0.2, 0) is 9.53 Å². The van der Waals surface area contributed by atoms with Crippen LogP contribution < -0.4 is 16.2 Å². The molecule has 0 spiro atoms. The number of hydrazine groups is 1. The highest BCUT2D eigenvalue weighted by atomic mass is 16.6. The molecule has 96 valence electrons. The van der Waals surface area contributed by atoms with E-state index >= 15 is 0 Å². The Morgan fingerprint density at radius 3 is 2.06 bits per heavy atom. The molecule has 0 aliphatic carbocycles. The van der Waals surface area contributed by atoms with E-state index in [-0.39, 0.29) is 5.57 Å². The van der Waals surface area contributed by atoms with Crippen molar-refractivity contribution in [3.05, 3.63) is 12.2 Å². The van der Waals surface area contributed by atoms with Crippen molar-refractivity contribution in [3.63, 3.8) is 0 Å². The van der Waals surface area contributed by atoms with E-state index < -0.39 is 23.6 Å². The van der Waals surface area contributed by atoms with Gasteiger partial charge in [-0.3, -0.25) is 10.1 Å². The monoisotopic (exact) mass is 243 g/mol. The first kappa shape index (κ1) is 14.9. The average molecular weight is 243 g/mol. The van der Waals surface area contributed by atoms with E-state index in [2.05, 4.69) is 6.58 Å². The lowest BCUT2D eigenvalue weighted by atomic mass is 10.2. The SMILES string of the molecule is C=C(C)C(=O)NC(=O)NNC(=O)OC(C)(C)C. The Kier molecular flexibility index (Phi) is 5.17. The summed E-state index contributed by atoms with van der Waals surface area (Å²) < 4.78 is 4.85. The molecule has 0 saturated heterocycles. The first-order valence-corrected chi connectivity index (χ1v) is 4.87. The maximum Gasteiger partial charge on any atom is 0.426 e. The number of carbonyl (C=O) groups is 3. The van der Waals surface area contributed by atoms with E-state index in [9.17, 15) is 14.4 Å². The van der Waals surface area contributed by atoms with Crippen molar-refractivity contribution in [2.45, 2.75) is 33.3 Å². The first-order valence-electron chi connectivity index (χ1n) is 4.87. The highest BCUT2D eigenvalue weighted by Gasteiger charge is 2.16. The highest BCUT2D eigenvalue weighted by molar-refractivity contribution is 6.03. The molecule has 0 aromatic carbocycles. The topological polar surface area (TPSA) is 96.5 Å². The third-order valence-electron chi connectivity index (χ3n) is 1.29. The molecule has 0 aromatic heterocycles. The summed E-state index contributed by atoms with van der Waals surface area (Å²) in [6.07, 6.45) is -0.824. The molecular formula is C10H17N3O4. The summed E-state index contributed by atoms with van der Waals surface area (Å²) in [6, 6.07) is -0.871. The van der Waals surface area contributed by atoms with E-state index in [0.29, 0.717) is 0 Å². The van der Waals surface area contributed by atoms with E-state index in [1.807, 2.05) is 16.2 Å². The summed E-state index contributed by atoms with van der Waals surface area (Å²) in [5.74, 6) is -0.631. The maximum absolute atomic E-state index is 11.1. The van der Waals surface area contributed by atoms with Crippen LogP contribution in [0, 0.1) is 0 Å². The molecule has 0 atom stereocenters. The van der Waals surface area contributed by atoms with Crippen LogP contribution in [0.1, 0.15) is 27.7 Å². The quantitative estimate of drug-likeness (QED) is 0.469.